The normalized spacial score (nSPS) is 27.5. The van der Waals surface area contributed by atoms with E-state index in [1.807, 2.05) is 4.90 Å². The van der Waals surface area contributed by atoms with E-state index in [9.17, 15) is 19.5 Å². The van der Waals surface area contributed by atoms with E-state index in [4.69, 9.17) is 46.4 Å². The van der Waals surface area contributed by atoms with Crippen molar-refractivity contribution >= 4 is 75.6 Å². The van der Waals surface area contributed by atoms with Gasteiger partial charge in [0.2, 0.25) is 5.91 Å². The Kier molecular flexibility index (Phi) is 6.21. The Morgan fingerprint density at radius 3 is 2.37 bits per heavy atom. The molecule has 2 saturated heterocycles. The number of nitrogens with zero attached hydrogens (tertiary/aromatic N) is 2. The van der Waals surface area contributed by atoms with Crippen LogP contribution in [0.4, 0.5) is 11.4 Å². The molecule has 5 rings (SSSR count). The lowest BCUT2D eigenvalue weighted by atomic mass is 9.74. The highest BCUT2D eigenvalue weighted by molar-refractivity contribution is 6.38. The van der Waals surface area contributed by atoms with Crippen LogP contribution in [0.5, 0.6) is 0 Å². The van der Waals surface area contributed by atoms with Gasteiger partial charge in [-0.25, -0.2) is 0 Å². The number of carboxylic acid groups (broad SMARTS) is 1. The number of hydrogen-bond donors (Lipinski definition) is 2. The van der Waals surface area contributed by atoms with E-state index >= 15 is 0 Å². The molecule has 3 heterocycles. The summed E-state index contributed by atoms with van der Waals surface area (Å²) >= 11 is 25.0. The Morgan fingerprint density at radius 2 is 1.71 bits per heavy atom. The van der Waals surface area contributed by atoms with Crippen molar-refractivity contribution in [1.82, 2.24) is 4.90 Å². The smallest absolute Gasteiger partial charge is 0.310 e. The quantitative estimate of drug-likeness (QED) is 0.535. The van der Waals surface area contributed by atoms with Crippen molar-refractivity contribution in [2.75, 3.05) is 23.8 Å². The van der Waals surface area contributed by atoms with Gasteiger partial charge in [-0.2, -0.15) is 0 Å². The van der Waals surface area contributed by atoms with E-state index in [1.165, 1.54) is 11.0 Å². The van der Waals surface area contributed by atoms with Crippen LogP contribution in [0.15, 0.2) is 30.3 Å². The molecular weight excluding hydrogens is 536 g/mol. The first-order valence-corrected chi connectivity index (χ1v) is 12.6. The van der Waals surface area contributed by atoms with E-state index in [0.29, 0.717) is 39.9 Å². The van der Waals surface area contributed by atoms with Crippen LogP contribution in [0.1, 0.15) is 24.8 Å². The third kappa shape index (κ3) is 3.63. The molecule has 0 aliphatic carbocycles. The molecule has 2 aromatic carbocycles. The summed E-state index contributed by atoms with van der Waals surface area (Å²) < 4.78 is 0. The SMILES string of the molecule is CN(C(=O)C1C2CCCCN2[C@]2(C(=O)Nc3c(Cl)cc(Cl)cc32)C1C(=O)O)c1cc(Cl)cc(Cl)c1. The summed E-state index contributed by atoms with van der Waals surface area (Å²) in [6.45, 7) is 0.460. The molecule has 2 aromatic rings. The minimum atomic E-state index is -1.62. The summed E-state index contributed by atoms with van der Waals surface area (Å²) in [7, 11) is 1.55. The third-order valence-electron chi connectivity index (χ3n) is 7.39. The maximum Gasteiger partial charge on any atom is 0.310 e. The molecular formula is C24H21Cl4N3O4. The molecule has 2 N–H and O–H groups in total. The number of carbonyl (C=O) groups is 3. The molecule has 4 atom stereocenters. The summed E-state index contributed by atoms with van der Waals surface area (Å²) in [6.07, 6.45) is 2.15. The molecule has 1 spiro atoms. The fourth-order valence-electron chi connectivity index (χ4n) is 6.08. The Morgan fingerprint density at radius 1 is 1.06 bits per heavy atom. The molecule has 0 aromatic heterocycles. The minimum Gasteiger partial charge on any atom is -0.481 e. The second-order valence-electron chi connectivity index (χ2n) is 9.15. The Hall–Kier alpha value is -2.03. The number of hydrogen-bond acceptors (Lipinski definition) is 4. The van der Waals surface area contributed by atoms with E-state index in [-0.39, 0.29) is 10.0 Å². The zero-order valence-corrected chi connectivity index (χ0v) is 21.5. The van der Waals surface area contributed by atoms with Crippen LogP contribution in [0.2, 0.25) is 20.1 Å². The number of anilines is 2. The lowest BCUT2D eigenvalue weighted by Crippen LogP contribution is -2.55. The zero-order valence-electron chi connectivity index (χ0n) is 18.5. The van der Waals surface area contributed by atoms with Gasteiger partial charge >= 0.3 is 5.97 Å². The fourth-order valence-corrected chi connectivity index (χ4v) is 7.13. The number of carbonyl (C=O) groups excluding carboxylic acids is 2. The van der Waals surface area contributed by atoms with Crippen molar-refractivity contribution in [2.24, 2.45) is 11.8 Å². The summed E-state index contributed by atoms with van der Waals surface area (Å²) in [5.74, 6) is -4.57. The van der Waals surface area contributed by atoms with Gasteiger partial charge in [0.1, 0.15) is 11.5 Å². The zero-order chi connectivity index (χ0) is 25.2. The number of rotatable bonds is 3. The highest BCUT2D eigenvalue weighted by Crippen LogP contribution is 2.59. The molecule has 0 radical (unpaired) electrons. The summed E-state index contributed by atoms with van der Waals surface area (Å²) in [5.41, 5.74) is -0.460. The van der Waals surface area contributed by atoms with E-state index in [1.54, 1.807) is 31.3 Å². The van der Waals surface area contributed by atoms with Crippen molar-refractivity contribution in [2.45, 2.75) is 30.8 Å². The van der Waals surface area contributed by atoms with Crippen LogP contribution in [-0.2, 0) is 19.9 Å². The van der Waals surface area contributed by atoms with Gasteiger partial charge in [0.05, 0.1) is 16.6 Å². The highest BCUT2D eigenvalue weighted by atomic mass is 35.5. The average Bonchev–Trinajstić information content (AvgIpc) is 3.26. The largest absolute Gasteiger partial charge is 0.481 e. The maximum atomic E-state index is 14.0. The van der Waals surface area contributed by atoms with Crippen molar-refractivity contribution in [1.29, 1.82) is 0 Å². The number of nitrogens with one attached hydrogen (secondary N) is 1. The first kappa shape index (κ1) is 24.7. The van der Waals surface area contributed by atoms with Gasteiger partial charge in [-0.3, -0.25) is 19.3 Å². The monoisotopic (exact) mass is 555 g/mol. The number of halogens is 4. The summed E-state index contributed by atoms with van der Waals surface area (Å²) in [5, 5.41) is 14.5. The Balaban J connectivity index is 1.69. The van der Waals surface area contributed by atoms with E-state index in [0.717, 1.165) is 12.8 Å². The van der Waals surface area contributed by atoms with Crippen molar-refractivity contribution < 1.29 is 19.5 Å². The number of benzene rings is 2. The van der Waals surface area contributed by atoms with Gasteiger partial charge in [0, 0.05) is 39.4 Å². The average molecular weight is 557 g/mol. The number of amides is 2. The molecule has 35 heavy (non-hydrogen) atoms. The lowest BCUT2D eigenvalue weighted by Gasteiger charge is -2.40. The standard InChI is InChI=1S/C24H21Cl4N3O4/c1-30(14-7-11(25)6-12(26)8-14)21(32)18-17-4-2-3-5-31(17)24(19(18)22(33)34)15-9-13(27)10-16(28)20(15)29-23(24)35/h6-10,17-19H,2-5H2,1H3,(H,29,35)(H,33,34)/t17?,18?,19?,24-/m0/s1. The maximum absolute atomic E-state index is 14.0. The second kappa shape index (κ2) is 8.82. The van der Waals surface area contributed by atoms with Gasteiger partial charge in [-0.1, -0.05) is 52.8 Å². The van der Waals surface area contributed by atoms with E-state index < -0.39 is 41.2 Å². The van der Waals surface area contributed by atoms with Gasteiger partial charge in [0.25, 0.3) is 5.91 Å². The van der Waals surface area contributed by atoms with Crippen molar-refractivity contribution in [3.05, 3.63) is 56.0 Å². The van der Waals surface area contributed by atoms with Crippen molar-refractivity contribution in [3.63, 3.8) is 0 Å². The van der Waals surface area contributed by atoms with Gasteiger partial charge in [-0.15, -0.1) is 0 Å². The van der Waals surface area contributed by atoms with Crippen LogP contribution in [0.3, 0.4) is 0 Å². The molecule has 2 fully saturated rings. The second-order valence-corrected chi connectivity index (χ2v) is 10.9. The van der Waals surface area contributed by atoms with Crippen LogP contribution in [-0.4, -0.2) is 47.4 Å². The number of piperidine rings is 1. The topological polar surface area (TPSA) is 90.0 Å². The van der Waals surface area contributed by atoms with Crippen LogP contribution >= 0.6 is 46.4 Å². The fraction of sp³-hybridized carbons (Fsp3) is 0.375. The number of fused-ring (bicyclic) bond motifs is 4. The van der Waals surface area contributed by atoms with Crippen LogP contribution < -0.4 is 10.2 Å². The number of aliphatic carboxylic acids is 1. The number of carboxylic acids is 1. The van der Waals surface area contributed by atoms with Crippen LogP contribution in [0.25, 0.3) is 0 Å². The third-order valence-corrected chi connectivity index (χ3v) is 8.35. The van der Waals surface area contributed by atoms with Gasteiger partial charge < -0.3 is 15.3 Å². The van der Waals surface area contributed by atoms with E-state index in [2.05, 4.69) is 5.32 Å². The predicted octanol–water partition coefficient (Wildman–Crippen LogP) is 5.30. The van der Waals surface area contributed by atoms with Crippen molar-refractivity contribution in [3.8, 4) is 0 Å². The molecule has 3 aliphatic heterocycles. The lowest BCUT2D eigenvalue weighted by molar-refractivity contribution is -0.152. The highest BCUT2D eigenvalue weighted by Gasteiger charge is 2.71. The molecule has 3 unspecified atom stereocenters. The molecule has 11 heteroatoms. The predicted molar refractivity (Wildman–Crippen MR) is 136 cm³/mol. The van der Waals surface area contributed by atoms with Crippen LogP contribution in [0, 0.1) is 11.8 Å². The molecule has 184 valence electrons. The first-order chi connectivity index (χ1) is 16.6. The molecule has 7 nitrogen and oxygen atoms in total. The molecule has 3 aliphatic rings. The van der Waals surface area contributed by atoms with Gasteiger partial charge in [0.15, 0.2) is 0 Å². The molecule has 2 amide bonds. The first-order valence-electron chi connectivity index (χ1n) is 11.1. The summed E-state index contributed by atoms with van der Waals surface area (Å²) in [4.78, 5) is 43.9. The Labute approximate surface area is 221 Å². The summed E-state index contributed by atoms with van der Waals surface area (Å²) in [6, 6.07) is 7.33. The Bertz CT molecular complexity index is 1250. The minimum absolute atomic E-state index is 0.218. The molecule has 0 bridgehead atoms. The van der Waals surface area contributed by atoms with Gasteiger partial charge in [-0.05, 0) is 49.7 Å². The molecule has 0 saturated carbocycles.